The van der Waals surface area contributed by atoms with Crippen molar-refractivity contribution in [1.29, 1.82) is 0 Å². The number of rotatable bonds is 10. The third kappa shape index (κ3) is 8.20. The zero-order chi connectivity index (χ0) is 15.7. The number of ether oxygens (including phenoxy) is 2. The standard InChI is InChI=1S/C18H31NO2/c1-14(2)13-20-10-11-21-18(12-19-15(3)4)17-8-6-16(5)7-9-17/h6-9,14-15,18-19H,10-13H2,1-5H3. The fourth-order valence-corrected chi connectivity index (χ4v) is 1.97. The van der Waals surface area contributed by atoms with Crippen molar-refractivity contribution in [2.24, 2.45) is 5.92 Å². The van der Waals surface area contributed by atoms with Gasteiger partial charge < -0.3 is 14.8 Å². The summed E-state index contributed by atoms with van der Waals surface area (Å²) in [7, 11) is 0. The lowest BCUT2D eigenvalue weighted by molar-refractivity contribution is -0.00191. The minimum atomic E-state index is 0.0793. The van der Waals surface area contributed by atoms with E-state index in [0.717, 1.165) is 13.2 Å². The molecule has 0 aromatic heterocycles. The van der Waals surface area contributed by atoms with Gasteiger partial charge in [-0.1, -0.05) is 57.5 Å². The summed E-state index contributed by atoms with van der Waals surface area (Å²) in [5, 5.41) is 3.45. The van der Waals surface area contributed by atoms with Crippen LogP contribution in [0.1, 0.15) is 44.9 Å². The Morgan fingerprint density at radius 3 is 2.24 bits per heavy atom. The molecule has 0 fully saturated rings. The van der Waals surface area contributed by atoms with Gasteiger partial charge >= 0.3 is 0 Å². The van der Waals surface area contributed by atoms with Crippen LogP contribution in [0.15, 0.2) is 24.3 Å². The zero-order valence-corrected chi connectivity index (χ0v) is 14.2. The molecule has 3 heteroatoms. The van der Waals surface area contributed by atoms with Gasteiger partial charge in [-0.3, -0.25) is 0 Å². The van der Waals surface area contributed by atoms with Crippen molar-refractivity contribution in [3.05, 3.63) is 35.4 Å². The van der Waals surface area contributed by atoms with E-state index in [4.69, 9.17) is 9.47 Å². The molecule has 0 aliphatic rings. The summed E-state index contributed by atoms with van der Waals surface area (Å²) in [6.45, 7) is 13.6. The van der Waals surface area contributed by atoms with E-state index in [1.807, 2.05) is 0 Å². The molecule has 0 aliphatic heterocycles. The van der Waals surface area contributed by atoms with Gasteiger partial charge in [-0.2, -0.15) is 0 Å². The molecule has 1 aromatic rings. The first-order valence-corrected chi connectivity index (χ1v) is 7.98. The van der Waals surface area contributed by atoms with Gasteiger partial charge in [0.25, 0.3) is 0 Å². The van der Waals surface area contributed by atoms with Gasteiger partial charge in [-0.25, -0.2) is 0 Å². The maximum Gasteiger partial charge on any atom is 0.0950 e. The Bertz CT molecular complexity index is 373. The van der Waals surface area contributed by atoms with Crippen molar-refractivity contribution in [3.63, 3.8) is 0 Å². The van der Waals surface area contributed by atoms with Gasteiger partial charge in [0.15, 0.2) is 0 Å². The smallest absolute Gasteiger partial charge is 0.0950 e. The topological polar surface area (TPSA) is 30.5 Å². The molecular formula is C18H31NO2. The largest absolute Gasteiger partial charge is 0.379 e. The van der Waals surface area contributed by atoms with Crippen LogP contribution in [-0.2, 0) is 9.47 Å². The number of benzene rings is 1. The third-order valence-corrected chi connectivity index (χ3v) is 3.16. The maximum atomic E-state index is 6.01. The van der Waals surface area contributed by atoms with E-state index in [1.54, 1.807) is 0 Å². The minimum absolute atomic E-state index is 0.0793. The molecular weight excluding hydrogens is 262 g/mol. The van der Waals surface area contributed by atoms with Crippen molar-refractivity contribution in [3.8, 4) is 0 Å². The number of hydrogen-bond acceptors (Lipinski definition) is 3. The van der Waals surface area contributed by atoms with Crippen LogP contribution in [-0.4, -0.2) is 32.4 Å². The second-order valence-electron chi connectivity index (χ2n) is 6.30. The van der Waals surface area contributed by atoms with Crippen LogP contribution < -0.4 is 5.32 Å². The zero-order valence-electron chi connectivity index (χ0n) is 14.2. The van der Waals surface area contributed by atoms with Crippen molar-refractivity contribution in [2.75, 3.05) is 26.4 Å². The number of hydrogen-bond donors (Lipinski definition) is 1. The predicted molar refractivity (Wildman–Crippen MR) is 88.7 cm³/mol. The highest BCUT2D eigenvalue weighted by atomic mass is 16.5. The Labute approximate surface area is 130 Å². The highest BCUT2D eigenvalue weighted by molar-refractivity contribution is 5.23. The van der Waals surface area contributed by atoms with E-state index in [-0.39, 0.29) is 6.10 Å². The monoisotopic (exact) mass is 293 g/mol. The lowest BCUT2D eigenvalue weighted by Crippen LogP contribution is -2.29. The van der Waals surface area contributed by atoms with Crippen LogP contribution in [0.4, 0.5) is 0 Å². The molecule has 3 nitrogen and oxygen atoms in total. The predicted octanol–water partition coefficient (Wildman–Crippen LogP) is 3.72. The Hall–Kier alpha value is -0.900. The number of aryl methyl sites for hydroxylation is 1. The summed E-state index contributed by atoms with van der Waals surface area (Å²) in [4.78, 5) is 0. The average molecular weight is 293 g/mol. The molecule has 0 saturated heterocycles. The average Bonchev–Trinajstić information content (AvgIpc) is 2.42. The summed E-state index contributed by atoms with van der Waals surface area (Å²) in [5.41, 5.74) is 2.49. The van der Waals surface area contributed by atoms with E-state index in [9.17, 15) is 0 Å². The lowest BCUT2D eigenvalue weighted by Gasteiger charge is -2.21. The molecule has 0 radical (unpaired) electrons. The molecule has 0 spiro atoms. The SMILES string of the molecule is Cc1ccc(C(CNC(C)C)OCCOCC(C)C)cc1. The molecule has 1 N–H and O–H groups in total. The summed E-state index contributed by atoms with van der Waals surface area (Å²) in [5.74, 6) is 0.570. The molecule has 1 rings (SSSR count). The van der Waals surface area contributed by atoms with E-state index < -0.39 is 0 Å². The van der Waals surface area contributed by atoms with Crippen molar-refractivity contribution >= 4 is 0 Å². The van der Waals surface area contributed by atoms with Crippen LogP contribution >= 0.6 is 0 Å². The van der Waals surface area contributed by atoms with E-state index in [0.29, 0.717) is 25.2 Å². The molecule has 120 valence electrons. The first-order valence-electron chi connectivity index (χ1n) is 7.98. The second-order valence-corrected chi connectivity index (χ2v) is 6.30. The molecule has 0 bridgehead atoms. The van der Waals surface area contributed by atoms with Gasteiger partial charge in [0.2, 0.25) is 0 Å². The molecule has 0 heterocycles. The van der Waals surface area contributed by atoms with Gasteiger partial charge in [0.1, 0.15) is 0 Å². The van der Waals surface area contributed by atoms with Gasteiger partial charge in [-0.05, 0) is 18.4 Å². The van der Waals surface area contributed by atoms with Crippen LogP contribution in [0.5, 0.6) is 0 Å². The fourth-order valence-electron chi connectivity index (χ4n) is 1.97. The molecule has 1 aromatic carbocycles. The Balaban J connectivity index is 2.46. The van der Waals surface area contributed by atoms with Crippen LogP contribution in [0.2, 0.25) is 0 Å². The van der Waals surface area contributed by atoms with Crippen molar-refractivity contribution in [2.45, 2.75) is 46.8 Å². The number of nitrogens with one attached hydrogen (secondary N) is 1. The third-order valence-electron chi connectivity index (χ3n) is 3.16. The molecule has 0 saturated carbocycles. The van der Waals surface area contributed by atoms with Gasteiger partial charge in [0, 0.05) is 19.2 Å². The normalized spacial score (nSPS) is 13.1. The molecule has 1 atom stereocenters. The van der Waals surface area contributed by atoms with Crippen LogP contribution in [0, 0.1) is 12.8 Å². The minimum Gasteiger partial charge on any atom is -0.379 e. The Morgan fingerprint density at radius 2 is 1.67 bits per heavy atom. The maximum absolute atomic E-state index is 6.01. The lowest BCUT2D eigenvalue weighted by atomic mass is 10.1. The summed E-state index contributed by atoms with van der Waals surface area (Å²) in [6, 6.07) is 9.03. The highest BCUT2D eigenvalue weighted by Crippen LogP contribution is 2.17. The summed E-state index contributed by atoms with van der Waals surface area (Å²) < 4.78 is 11.6. The van der Waals surface area contributed by atoms with E-state index in [1.165, 1.54) is 11.1 Å². The van der Waals surface area contributed by atoms with Crippen LogP contribution in [0.25, 0.3) is 0 Å². The highest BCUT2D eigenvalue weighted by Gasteiger charge is 2.12. The summed E-state index contributed by atoms with van der Waals surface area (Å²) in [6.07, 6.45) is 0.0793. The van der Waals surface area contributed by atoms with E-state index in [2.05, 4.69) is 64.2 Å². The first kappa shape index (κ1) is 18.1. The second kappa shape index (κ2) is 9.93. The Kier molecular flexibility index (Phi) is 8.58. The molecule has 0 amide bonds. The Morgan fingerprint density at radius 1 is 1.00 bits per heavy atom. The first-order chi connectivity index (χ1) is 9.99. The van der Waals surface area contributed by atoms with Gasteiger partial charge in [-0.15, -0.1) is 0 Å². The fraction of sp³-hybridized carbons (Fsp3) is 0.667. The molecule has 21 heavy (non-hydrogen) atoms. The quantitative estimate of drug-likeness (QED) is 0.667. The van der Waals surface area contributed by atoms with E-state index >= 15 is 0 Å². The van der Waals surface area contributed by atoms with Crippen molar-refractivity contribution < 1.29 is 9.47 Å². The van der Waals surface area contributed by atoms with Crippen LogP contribution in [0.3, 0.4) is 0 Å². The molecule has 0 aliphatic carbocycles. The molecule has 1 unspecified atom stereocenters. The van der Waals surface area contributed by atoms with Crippen molar-refractivity contribution in [1.82, 2.24) is 5.32 Å². The summed E-state index contributed by atoms with van der Waals surface area (Å²) >= 11 is 0. The van der Waals surface area contributed by atoms with Gasteiger partial charge in [0.05, 0.1) is 19.3 Å².